The lowest BCUT2D eigenvalue weighted by atomic mass is 10.0. The van der Waals surface area contributed by atoms with Crippen LogP contribution in [0.15, 0.2) is 54.7 Å². The fourth-order valence-corrected chi connectivity index (χ4v) is 2.14. The van der Waals surface area contributed by atoms with Gasteiger partial charge in [0.05, 0.1) is 12.7 Å². The van der Waals surface area contributed by atoms with Crippen LogP contribution in [0.2, 0.25) is 0 Å². The van der Waals surface area contributed by atoms with E-state index < -0.39 is 0 Å². The third-order valence-corrected chi connectivity index (χ3v) is 3.28. The molecule has 1 aromatic rings. The van der Waals surface area contributed by atoms with Crippen molar-refractivity contribution in [1.29, 1.82) is 0 Å². The van der Waals surface area contributed by atoms with Gasteiger partial charge in [0.15, 0.2) is 0 Å². The van der Waals surface area contributed by atoms with Crippen molar-refractivity contribution in [3.63, 3.8) is 0 Å². The third kappa shape index (κ3) is 6.77. The van der Waals surface area contributed by atoms with Gasteiger partial charge in [0.1, 0.15) is 5.75 Å². The summed E-state index contributed by atoms with van der Waals surface area (Å²) < 4.78 is 10.9. The molecule has 0 aliphatic carbocycles. The highest BCUT2D eigenvalue weighted by Gasteiger charge is 2.15. The molecule has 1 unspecified atom stereocenters. The summed E-state index contributed by atoms with van der Waals surface area (Å²) in [6.07, 6.45) is 10.5. The summed E-state index contributed by atoms with van der Waals surface area (Å²) >= 11 is 0. The molecule has 1 heterocycles. The van der Waals surface area contributed by atoms with Gasteiger partial charge in [-0.2, -0.15) is 0 Å². The quantitative estimate of drug-likeness (QED) is 0.708. The molecule has 1 aromatic carbocycles. The largest absolute Gasteiger partial charge is 0.490 e. The topological polar surface area (TPSA) is 18.5 Å². The summed E-state index contributed by atoms with van der Waals surface area (Å²) in [6, 6.07) is 6.35. The highest BCUT2D eigenvalue weighted by Crippen LogP contribution is 2.28. The first-order valence-corrected chi connectivity index (χ1v) is 7.79. The lowest BCUT2D eigenvalue weighted by molar-refractivity contribution is 0.179. The fraction of sp³-hybridized carbons (Fsp3) is 0.400. The third-order valence-electron chi connectivity index (χ3n) is 3.28. The van der Waals surface area contributed by atoms with Crippen molar-refractivity contribution in [3.05, 3.63) is 65.8 Å². The molecule has 0 saturated heterocycles. The average molecular weight is 300 g/mol. The second kappa shape index (κ2) is 10.0. The van der Waals surface area contributed by atoms with Gasteiger partial charge in [-0.25, -0.2) is 0 Å². The summed E-state index contributed by atoms with van der Waals surface area (Å²) in [4.78, 5) is 0. The number of ether oxygens (including phenoxy) is 2. The van der Waals surface area contributed by atoms with Gasteiger partial charge in [0.25, 0.3) is 0 Å². The molecular formula is C20H28O2. The van der Waals surface area contributed by atoms with E-state index in [0.29, 0.717) is 12.7 Å². The van der Waals surface area contributed by atoms with Crippen molar-refractivity contribution in [2.45, 2.75) is 46.3 Å². The molecule has 120 valence electrons. The van der Waals surface area contributed by atoms with Gasteiger partial charge >= 0.3 is 0 Å². The van der Waals surface area contributed by atoms with Crippen LogP contribution < -0.4 is 4.74 Å². The number of hydrogen-bond acceptors (Lipinski definition) is 2. The molecule has 0 radical (unpaired) electrons. The normalized spacial score (nSPS) is 16.8. The number of hydrogen-bond donors (Lipinski definition) is 0. The number of methoxy groups -OCH3 is 1. The van der Waals surface area contributed by atoms with Crippen molar-refractivity contribution in [1.82, 2.24) is 0 Å². The first-order chi connectivity index (χ1) is 10.6. The van der Waals surface area contributed by atoms with Crippen LogP contribution in [-0.4, -0.2) is 13.2 Å². The summed E-state index contributed by atoms with van der Waals surface area (Å²) in [5.41, 5.74) is 3.59. The molecule has 2 nitrogen and oxygen atoms in total. The Morgan fingerprint density at radius 3 is 2.82 bits per heavy atom. The van der Waals surface area contributed by atoms with E-state index in [1.807, 2.05) is 38.2 Å². The van der Waals surface area contributed by atoms with E-state index in [2.05, 4.69) is 31.7 Å². The van der Waals surface area contributed by atoms with Crippen molar-refractivity contribution in [2.24, 2.45) is 0 Å². The van der Waals surface area contributed by atoms with Crippen LogP contribution in [-0.2, 0) is 17.8 Å². The van der Waals surface area contributed by atoms with E-state index in [-0.39, 0.29) is 0 Å². The van der Waals surface area contributed by atoms with Gasteiger partial charge in [-0.15, -0.1) is 0 Å². The molecule has 0 saturated carbocycles. The van der Waals surface area contributed by atoms with Crippen LogP contribution in [0.5, 0.6) is 5.75 Å². The first kappa shape index (κ1) is 18.2. The Hall–Kier alpha value is -1.80. The maximum atomic E-state index is 5.76. The van der Waals surface area contributed by atoms with E-state index >= 15 is 0 Å². The molecule has 0 bridgehead atoms. The molecule has 22 heavy (non-hydrogen) atoms. The summed E-state index contributed by atoms with van der Waals surface area (Å²) in [5, 5.41) is 0. The standard InChI is InChI=1S/C12H16O2.C8H12/c1-9-3-5-11-6-4-10(8-13-2)7-12(11)14-9;1-4-5-6-7-8(2)3/h4,6-7,9H,3,5,8H2,1-2H3;4-7H,2H2,1,3H3/b;5-4-,7-6-. The Labute approximate surface area is 135 Å². The fourth-order valence-electron chi connectivity index (χ4n) is 2.14. The molecule has 2 heteroatoms. The predicted octanol–water partition coefficient (Wildman–Crippen LogP) is 5.24. The summed E-state index contributed by atoms with van der Waals surface area (Å²) in [5.74, 6) is 1.04. The van der Waals surface area contributed by atoms with E-state index in [9.17, 15) is 0 Å². The monoisotopic (exact) mass is 300 g/mol. The van der Waals surface area contributed by atoms with Crippen LogP contribution >= 0.6 is 0 Å². The Balaban J connectivity index is 0.000000261. The first-order valence-electron chi connectivity index (χ1n) is 7.79. The molecule has 0 N–H and O–H groups in total. The van der Waals surface area contributed by atoms with E-state index in [0.717, 1.165) is 24.2 Å². The van der Waals surface area contributed by atoms with Gasteiger partial charge in [-0.05, 0) is 50.8 Å². The summed E-state index contributed by atoms with van der Waals surface area (Å²) in [6.45, 7) is 10.4. The average Bonchev–Trinajstić information content (AvgIpc) is 2.48. The van der Waals surface area contributed by atoms with Crippen LogP contribution in [0.1, 0.15) is 38.3 Å². The lowest BCUT2D eigenvalue weighted by Gasteiger charge is -2.23. The zero-order valence-corrected chi connectivity index (χ0v) is 14.3. The van der Waals surface area contributed by atoms with E-state index in [4.69, 9.17) is 9.47 Å². The molecule has 1 atom stereocenters. The lowest BCUT2D eigenvalue weighted by Crippen LogP contribution is -2.18. The molecule has 0 fully saturated rings. The van der Waals surface area contributed by atoms with Gasteiger partial charge in [-0.3, -0.25) is 0 Å². The van der Waals surface area contributed by atoms with Crippen molar-refractivity contribution >= 4 is 0 Å². The van der Waals surface area contributed by atoms with Crippen molar-refractivity contribution in [2.75, 3.05) is 7.11 Å². The highest BCUT2D eigenvalue weighted by molar-refractivity contribution is 5.38. The van der Waals surface area contributed by atoms with Gasteiger partial charge < -0.3 is 9.47 Å². The van der Waals surface area contributed by atoms with E-state index in [1.54, 1.807) is 7.11 Å². The number of fused-ring (bicyclic) bond motifs is 1. The number of benzene rings is 1. The second-order valence-electron chi connectivity index (χ2n) is 5.57. The molecule has 1 aliphatic rings. The minimum atomic E-state index is 0.347. The molecule has 0 amide bonds. The molecular weight excluding hydrogens is 272 g/mol. The SMILES string of the molecule is C=C(C)/C=C\C=C/C.COCc1ccc2c(c1)OC(C)CC2. The summed E-state index contributed by atoms with van der Waals surface area (Å²) in [7, 11) is 1.71. The van der Waals surface area contributed by atoms with Crippen LogP contribution in [0.4, 0.5) is 0 Å². The van der Waals surface area contributed by atoms with Crippen molar-refractivity contribution in [3.8, 4) is 5.75 Å². The minimum absolute atomic E-state index is 0.347. The van der Waals surface area contributed by atoms with Gasteiger partial charge in [-0.1, -0.05) is 48.6 Å². The number of aryl methyl sites for hydroxylation is 1. The Morgan fingerprint density at radius 2 is 2.18 bits per heavy atom. The maximum Gasteiger partial charge on any atom is 0.123 e. The van der Waals surface area contributed by atoms with Crippen LogP contribution in [0.3, 0.4) is 0 Å². The van der Waals surface area contributed by atoms with E-state index in [1.165, 1.54) is 11.1 Å². The molecule has 1 aliphatic heterocycles. The number of allylic oxidation sites excluding steroid dienone is 5. The molecule has 0 aromatic heterocycles. The second-order valence-corrected chi connectivity index (χ2v) is 5.57. The predicted molar refractivity (Wildman–Crippen MR) is 94.3 cm³/mol. The van der Waals surface area contributed by atoms with Gasteiger partial charge in [0, 0.05) is 7.11 Å². The molecule has 0 spiro atoms. The van der Waals surface area contributed by atoms with Gasteiger partial charge in [0.2, 0.25) is 0 Å². The number of rotatable bonds is 4. The minimum Gasteiger partial charge on any atom is -0.490 e. The molecule has 2 rings (SSSR count). The maximum absolute atomic E-state index is 5.76. The smallest absolute Gasteiger partial charge is 0.123 e. The Kier molecular flexibility index (Phi) is 8.31. The van der Waals surface area contributed by atoms with Crippen molar-refractivity contribution < 1.29 is 9.47 Å². The Morgan fingerprint density at radius 1 is 1.41 bits per heavy atom. The van der Waals surface area contributed by atoms with Crippen LogP contribution in [0.25, 0.3) is 0 Å². The van der Waals surface area contributed by atoms with Crippen LogP contribution in [0, 0.1) is 0 Å². The zero-order valence-electron chi connectivity index (χ0n) is 14.3. The Bertz CT molecular complexity index is 527. The highest BCUT2D eigenvalue weighted by atomic mass is 16.5. The zero-order chi connectivity index (χ0) is 16.4.